The fourth-order valence-electron chi connectivity index (χ4n) is 1.31. The van der Waals surface area contributed by atoms with Crippen LogP contribution in [0.25, 0.3) is 0 Å². The molecule has 0 aromatic heterocycles. The van der Waals surface area contributed by atoms with Crippen LogP contribution in [0, 0.1) is 0 Å². The van der Waals surface area contributed by atoms with E-state index in [1.807, 2.05) is 0 Å². The van der Waals surface area contributed by atoms with Gasteiger partial charge in [0.05, 0.1) is 18.6 Å². The summed E-state index contributed by atoms with van der Waals surface area (Å²) >= 11 is 0. The maximum atomic E-state index is 11.5. The molecule has 1 amide bonds. The largest absolute Gasteiger partial charge is 0.495 e. The molecule has 2 N–H and O–H groups in total. The SMILES string of the molecule is CCS(=O)(=O)Nc1cc(NC(C)=O)ccc1OC. The fourth-order valence-corrected chi connectivity index (χ4v) is 1.95. The third-order valence-corrected chi connectivity index (χ3v) is 3.46. The van der Waals surface area contributed by atoms with Crippen molar-refractivity contribution >= 4 is 27.3 Å². The number of carbonyl (C=O) groups excluding carboxylic acids is 1. The lowest BCUT2D eigenvalue weighted by molar-refractivity contribution is -0.114. The van der Waals surface area contributed by atoms with E-state index in [0.717, 1.165) is 0 Å². The van der Waals surface area contributed by atoms with Crippen LogP contribution in [0.1, 0.15) is 13.8 Å². The zero-order chi connectivity index (χ0) is 13.8. The minimum Gasteiger partial charge on any atom is -0.495 e. The number of sulfonamides is 1. The summed E-state index contributed by atoms with van der Waals surface area (Å²) in [5, 5.41) is 2.57. The number of carbonyl (C=O) groups is 1. The second-order valence-corrected chi connectivity index (χ2v) is 5.61. The second-order valence-electron chi connectivity index (χ2n) is 3.60. The van der Waals surface area contributed by atoms with Crippen molar-refractivity contribution in [2.75, 3.05) is 22.9 Å². The number of amides is 1. The molecule has 1 rings (SSSR count). The van der Waals surface area contributed by atoms with Gasteiger partial charge in [-0.2, -0.15) is 0 Å². The van der Waals surface area contributed by atoms with Crippen LogP contribution in [0.3, 0.4) is 0 Å². The summed E-state index contributed by atoms with van der Waals surface area (Å²) in [6.07, 6.45) is 0. The van der Waals surface area contributed by atoms with Crippen LogP contribution < -0.4 is 14.8 Å². The molecule has 0 unspecified atom stereocenters. The number of anilines is 2. The number of ether oxygens (including phenoxy) is 1. The van der Waals surface area contributed by atoms with Crippen molar-refractivity contribution in [3.05, 3.63) is 18.2 Å². The van der Waals surface area contributed by atoms with Gasteiger partial charge in [0, 0.05) is 12.6 Å². The van der Waals surface area contributed by atoms with Crippen molar-refractivity contribution in [3.63, 3.8) is 0 Å². The maximum absolute atomic E-state index is 11.5. The Bertz CT molecular complexity index is 540. The summed E-state index contributed by atoms with van der Waals surface area (Å²) in [6.45, 7) is 2.91. The average molecular weight is 272 g/mol. The Morgan fingerprint density at radius 2 is 2.06 bits per heavy atom. The predicted molar refractivity (Wildman–Crippen MR) is 70.4 cm³/mol. The second kappa shape index (κ2) is 5.72. The fraction of sp³-hybridized carbons (Fsp3) is 0.364. The molecule has 0 spiro atoms. The first kappa shape index (κ1) is 14.3. The van der Waals surface area contributed by atoms with Gasteiger partial charge in [-0.3, -0.25) is 9.52 Å². The van der Waals surface area contributed by atoms with Gasteiger partial charge in [-0.05, 0) is 25.1 Å². The Morgan fingerprint density at radius 1 is 1.39 bits per heavy atom. The molecular formula is C11H16N2O4S. The van der Waals surface area contributed by atoms with Crippen LogP contribution in [-0.4, -0.2) is 27.2 Å². The maximum Gasteiger partial charge on any atom is 0.232 e. The van der Waals surface area contributed by atoms with Crippen LogP contribution in [0.5, 0.6) is 5.75 Å². The van der Waals surface area contributed by atoms with Crippen LogP contribution in [-0.2, 0) is 14.8 Å². The molecule has 100 valence electrons. The number of rotatable bonds is 5. The van der Waals surface area contributed by atoms with Crippen molar-refractivity contribution in [2.24, 2.45) is 0 Å². The highest BCUT2D eigenvalue weighted by atomic mass is 32.2. The summed E-state index contributed by atoms with van der Waals surface area (Å²) in [5.74, 6) is 0.117. The van der Waals surface area contributed by atoms with Gasteiger partial charge in [-0.15, -0.1) is 0 Å². The Kier molecular flexibility index (Phi) is 4.55. The van der Waals surface area contributed by atoms with Crippen molar-refractivity contribution < 1.29 is 17.9 Å². The van der Waals surface area contributed by atoms with Gasteiger partial charge >= 0.3 is 0 Å². The van der Waals surface area contributed by atoms with Gasteiger partial charge in [-0.25, -0.2) is 8.42 Å². The number of hydrogen-bond acceptors (Lipinski definition) is 4. The lowest BCUT2D eigenvalue weighted by Crippen LogP contribution is -2.15. The summed E-state index contributed by atoms with van der Waals surface area (Å²) < 4.78 is 30.5. The highest BCUT2D eigenvalue weighted by Gasteiger charge is 2.12. The molecule has 1 aromatic carbocycles. The monoisotopic (exact) mass is 272 g/mol. The molecule has 0 radical (unpaired) electrons. The molecule has 0 aliphatic rings. The van der Waals surface area contributed by atoms with Crippen LogP contribution in [0.2, 0.25) is 0 Å². The summed E-state index contributed by atoms with van der Waals surface area (Å²) in [6, 6.07) is 4.72. The van der Waals surface area contributed by atoms with Gasteiger partial charge in [-0.1, -0.05) is 0 Å². The molecule has 0 atom stereocenters. The van der Waals surface area contributed by atoms with E-state index in [1.54, 1.807) is 12.1 Å². The van der Waals surface area contributed by atoms with Crippen LogP contribution in [0.15, 0.2) is 18.2 Å². The first-order chi connectivity index (χ1) is 8.38. The zero-order valence-corrected chi connectivity index (χ0v) is 11.3. The van der Waals surface area contributed by atoms with E-state index < -0.39 is 10.0 Å². The Labute approximate surface area is 106 Å². The van der Waals surface area contributed by atoms with E-state index in [2.05, 4.69) is 10.0 Å². The van der Waals surface area contributed by atoms with Crippen LogP contribution >= 0.6 is 0 Å². The molecule has 0 aliphatic heterocycles. The normalized spacial score (nSPS) is 10.8. The molecule has 0 heterocycles. The van der Waals surface area contributed by atoms with Gasteiger partial charge < -0.3 is 10.1 Å². The highest BCUT2D eigenvalue weighted by Crippen LogP contribution is 2.28. The molecule has 18 heavy (non-hydrogen) atoms. The number of methoxy groups -OCH3 is 1. The zero-order valence-electron chi connectivity index (χ0n) is 10.5. The van der Waals surface area contributed by atoms with E-state index in [9.17, 15) is 13.2 Å². The molecular weight excluding hydrogens is 256 g/mol. The van der Waals surface area contributed by atoms with E-state index >= 15 is 0 Å². The van der Waals surface area contributed by atoms with Crippen molar-refractivity contribution in [1.29, 1.82) is 0 Å². The molecule has 1 aromatic rings. The number of hydrogen-bond donors (Lipinski definition) is 2. The van der Waals surface area contributed by atoms with Gasteiger partial charge in [0.1, 0.15) is 5.75 Å². The van der Waals surface area contributed by atoms with Crippen molar-refractivity contribution in [3.8, 4) is 5.75 Å². The lowest BCUT2D eigenvalue weighted by Gasteiger charge is -2.12. The quantitative estimate of drug-likeness (QED) is 0.849. The van der Waals surface area contributed by atoms with Crippen LogP contribution in [0.4, 0.5) is 11.4 Å². The lowest BCUT2D eigenvalue weighted by atomic mass is 10.2. The summed E-state index contributed by atoms with van der Waals surface area (Å²) in [4.78, 5) is 10.9. The minimum atomic E-state index is -3.39. The van der Waals surface area contributed by atoms with Gasteiger partial charge in [0.15, 0.2) is 0 Å². The van der Waals surface area contributed by atoms with Gasteiger partial charge in [0.25, 0.3) is 0 Å². The summed E-state index contributed by atoms with van der Waals surface area (Å²) in [5.41, 5.74) is 0.794. The van der Waals surface area contributed by atoms with E-state index in [-0.39, 0.29) is 11.7 Å². The van der Waals surface area contributed by atoms with E-state index in [4.69, 9.17) is 4.74 Å². The summed E-state index contributed by atoms with van der Waals surface area (Å²) in [7, 11) is -1.95. The van der Waals surface area contributed by atoms with Crippen molar-refractivity contribution in [1.82, 2.24) is 0 Å². The number of benzene rings is 1. The smallest absolute Gasteiger partial charge is 0.232 e. The van der Waals surface area contributed by atoms with E-state index in [0.29, 0.717) is 17.1 Å². The molecule has 0 bridgehead atoms. The Hall–Kier alpha value is -1.76. The molecule has 6 nitrogen and oxygen atoms in total. The molecule has 0 fully saturated rings. The third-order valence-electron chi connectivity index (χ3n) is 2.17. The Morgan fingerprint density at radius 3 is 2.56 bits per heavy atom. The first-order valence-electron chi connectivity index (χ1n) is 5.34. The molecule has 0 saturated carbocycles. The third kappa shape index (κ3) is 3.92. The molecule has 0 aliphatic carbocycles. The van der Waals surface area contributed by atoms with Gasteiger partial charge in [0.2, 0.25) is 15.9 Å². The minimum absolute atomic E-state index is 0.0412. The topological polar surface area (TPSA) is 84.5 Å². The standard InChI is InChI=1S/C11H16N2O4S/c1-4-18(15,16)13-10-7-9(12-8(2)14)5-6-11(10)17-3/h5-7,13H,4H2,1-3H3,(H,12,14). The highest BCUT2D eigenvalue weighted by molar-refractivity contribution is 7.92. The molecule has 0 saturated heterocycles. The van der Waals surface area contributed by atoms with Crippen molar-refractivity contribution in [2.45, 2.75) is 13.8 Å². The Balaban J connectivity index is 3.10. The van der Waals surface area contributed by atoms with E-state index in [1.165, 1.54) is 27.0 Å². The molecule has 7 heteroatoms. The predicted octanol–water partition coefficient (Wildman–Crippen LogP) is 1.42. The average Bonchev–Trinajstić information content (AvgIpc) is 2.28. The number of nitrogens with one attached hydrogen (secondary N) is 2. The first-order valence-corrected chi connectivity index (χ1v) is 6.99.